The van der Waals surface area contributed by atoms with Crippen molar-refractivity contribution in [2.45, 2.75) is 37.7 Å². The van der Waals surface area contributed by atoms with Crippen molar-refractivity contribution in [3.8, 4) is 11.5 Å². The molecule has 7 nitrogen and oxygen atoms in total. The minimum absolute atomic E-state index is 0.0980. The summed E-state index contributed by atoms with van der Waals surface area (Å²) in [6.45, 7) is 6.28. The largest absolute Gasteiger partial charge is 0.488 e. The zero-order valence-electron chi connectivity index (χ0n) is 16.1. The van der Waals surface area contributed by atoms with Crippen LogP contribution in [0.4, 0.5) is 0 Å². The molecule has 150 valence electrons. The topological polar surface area (TPSA) is 108 Å². The maximum absolute atomic E-state index is 12.4. The molecule has 0 aliphatic carbocycles. The van der Waals surface area contributed by atoms with Gasteiger partial charge in [-0.25, -0.2) is 13.6 Å². The van der Waals surface area contributed by atoms with E-state index in [0.29, 0.717) is 11.3 Å². The van der Waals surface area contributed by atoms with Crippen LogP contribution in [-0.2, 0) is 16.4 Å². The lowest BCUT2D eigenvalue weighted by molar-refractivity contribution is 0.0945. The first-order chi connectivity index (χ1) is 13.1. The van der Waals surface area contributed by atoms with Crippen molar-refractivity contribution in [3.05, 3.63) is 53.1 Å². The molecule has 28 heavy (non-hydrogen) atoms. The van der Waals surface area contributed by atoms with Crippen molar-refractivity contribution in [2.24, 2.45) is 5.14 Å². The summed E-state index contributed by atoms with van der Waals surface area (Å²) in [7, 11) is -3.87. The van der Waals surface area contributed by atoms with Crippen LogP contribution in [0.5, 0.6) is 11.5 Å². The van der Waals surface area contributed by atoms with Gasteiger partial charge in [-0.05, 0) is 44.5 Å². The number of hydrogen-bond donors (Lipinski definition) is 2. The van der Waals surface area contributed by atoms with Crippen LogP contribution < -0.4 is 19.9 Å². The van der Waals surface area contributed by atoms with E-state index in [1.165, 1.54) is 12.1 Å². The lowest BCUT2D eigenvalue weighted by Gasteiger charge is -2.18. The summed E-state index contributed by atoms with van der Waals surface area (Å²) >= 11 is 0. The standard InChI is InChI=1S/C20H24N2O5S/c1-13-7-8-15(28(21,24)25)11-16(13)19(23)22-9-10-26-17-6-4-5-14-12-20(2,3)27-18(14)17/h4-8,11H,9-10,12H2,1-3H3,(H,22,23)(H2,21,24,25). The van der Waals surface area contributed by atoms with E-state index in [-0.39, 0.29) is 35.1 Å². The molecule has 3 N–H and O–H groups in total. The van der Waals surface area contributed by atoms with Gasteiger partial charge in [-0.3, -0.25) is 4.79 Å². The monoisotopic (exact) mass is 404 g/mol. The van der Waals surface area contributed by atoms with Crippen molar-refractivity contribution in [3.63, 3.8) is 0 Å². The molecule has 1 aliphatic heterocycles. The Labute approximate surface area is 164 Å². The zero-order chi connectivity index (χ0) is 20.5. The van der Waals surface area contributed by atoms with Gasteiger partial charge in [0.2, 0.25) is 10.0 Å². The quantitative estimate of drug-likeness (QED) is 0.718. The number of ether oxygens (including phenoxy) is 2. The number of benzene rings is 2. The first kappa shape index (κ1) is 20.2. The number of para-hydroxylation sites is 1. The molecular weight excluding hydrogens is 380 g/mol. The highest BCUT2D eigenvalue weighted by Gasteiger charge is 2.32. The van der Waals surface area contributed by atoms with Crippen molar-refractivity contribution in [1.29, 1.82) is 0 Å². The lowest BCUT2D eigenvalue weighted by Crippen LogP contribution is -2.29. The minimum atomic E-state index is -3.87. The summed E-state index contributed by atoms with van der Waals surface area (Å²) in [5.41, 5.74) is 1.75. The third-order valence-corrected chi connectivity index (χ3v) is 5.39. The number of carbonyl (C=O) groups excluding carboxylic acids is 1. The van der Waals surface area contributed by atoms with Gasteiger partial charge in [0.1, 0.15) is 12.2 Å². The molecule has 2 aromatic carbocycles. The lowest BCUT2D eigenvalue weighted by atomic mass is 10.0. The van der Waals surface area contributed by atoms with Crippen molar-refractivity contribution >= 4 is 15.9 Å². The number of sulfonamides is 1. The smallest absolute Gasteiger partial charge is 0.251 e. The van der Waals surface area contributed by atoms with Gasteiger partial charge in [-0.15, -0.1) is 0 Å². The van der Waals surface area contributed by atoms with Gasteiger partial charge >= 0.3 is 0 Å². The summed E-state index contributed by atoms with van der Waals surface area (Å²) in [5.74, 6) is 1.00. The van der Waals surface area contributed by atoms with Crippen LogP contribution in [0, 0.1) is 6.92 Å². The highest BCUT2D eigenvalue weighted by atomic mass is 32.2. The van der Waals surface area contributed by atoms with E-state index in [4.69, 9.17) is 14.6 Å². The predicted molar refractivity (Wildman–Crippen MR) is 105 cm³/mol. The first-order valence-corrected chi connectivity index (χ1v) is 10.5. The molecule has 2 aromatic rings. The third-order valence-electron chi connectivity index (χ3n) is 4.48. The van der Waals surface area contributed by atoms with Crippen LogP contribution in [0.3, 0.4) is 0 Å². The van der Waals surface area contributed by atoms with Crippen LogP contribution in [0.25, 0.3) is 0 Å². The maximum atomic E-state index is 12.4. The van der Waals surface area contributed by atoms with E-state index in [0.717, 1.165) is 17.7 Å². The second-order valence-corrected chi connectivity index (χ2v) is 8.97. The highest BCUT2D eigenvalue weighted by molar-refractivity contribution is 7.89. The van der Waals surface area contributed by atoms with Crippen molar-refractivity contribution < 1.29 is 22.7 Å². The van der Waals surface area contributed by atoms with Crippen LogP contribution in [0.2, 0.25) is 0 Å². The summed E-state index contributed by atoms with van der Waals surface area (Å²) in [4.78, 5) is 12.3. The number of carbonyl (C=O) groups is 1. The SMILES string of the molecule is Cc1ccc(S(N)(=O)=O)cc1C(=O)NCCOc1cccc2c1OC(C)(C)C2. The minimum Gasteiger partial charge on any atom is -0.488 e. The van der Waals surface area contributed by atoms with Crippen LogP contribution in [0.15, 0.2) is 41.3 Å². The predicted octanol–water partition coefficient (Wildman–Crippen LogP) is 2.16. The molecule has 0 atom stereocenters. The Morgan fingerprint density at radius 1 is 1.29 bits per heavy atom. The number of nitrogens with two attached hydrogens (primary N) is 1. The number of rotatable bonds is 6. The average Bonchev–Trinajstić information content (AvgIpc) is 2.92. The van der Waals surface area contributed by atoms with Gasteiger partial charge < -0.3 is 14.8 Å². The van der Waals surface area contributed by atoms with E-state index in [1.54, 1.807) is 13.0 Å². The van der Waals surface area contributed by atoms with Crippen LogP contribution >= 0.6 is 0 Å². The number of amides is 1. The molecule has 0 bridgehead atoms. The second kappa shape index (κ2) is 7.44. The Morgan fingerprint density at radius 3 is 2.75 bits per heavy atom. The van der Waals surface area contributed by atoms with Gasteiger partial charge in [-0.1, -0.05) is 18.2 Å². The van der Waals surface area contributed by atoms with Crippen LogP contribution in [0.1, 0.15) is 35.3 Å². The summed E-state index contributed by atoms with van der Waals surface area (Å²) in [6, 6.07) is 9.97. The fourth-order valence-electron chi connectivity index (χ4n) is 3.14. The van der Waals surface area contributed by atoms with Gasteiger partial charge in [0, 0.05) is 17.5 Å². The number of fused-ring (bicyclic) bond motifs is 1. The van der Waals surface area contributed by atoms with E-state index in [9.17, 15) is 13.2 Å². The Balaban J connectivity index is 1.60. The number of aryl methyl sites for hydroxylation is 1. The molecule has 0 unspecified atom stereocenters. The average molecular weight is 404 g/mol. The van der Waals surface area contributed by atoms with Crippen molar-refractivity contribution in [1.82, 2.24) is 5.32 Å². The molecule has 1 aliphatic rings. The Kier molecular flexibility index (Phi) is 5.36. The molecule has 0 fully saturated rings. The highest BCUT2D eigenvalue weighted by Crippen LogP contribution is 2.41. The molecule has 0 saturated heterocycles. The maximum Gasteiger partial charge on any atom is 0.251 e. The van der Waals surface area contributed by atoms with E-state index in [2.05, 4.69) is 5.32 Å². The molecule has 0 aromatic heterocycles. The second-order valence-electron chi connectivity index (χ2n) is 7.41. The fourth-order valence-corrected chi connectivity index (χ4v) is 3.68. The Morgan fingerprint density at radius 2 is 2.04 bits per heavy atom. The van der Waals surface area contributed by atoms with E-state index in [1.807, 2.05) is 32.0 Å². The molecule has 1 amide bonds. The van der Waals surface area contributed by atoms with Gasteiger partial charge in [0.15, 0.2) is 11.5 Å². The summed E-state index contributed by atoms with van der Waals surface area (Å²) < 4.78 is 34.7. The van der Waals surface area contributed by atoms with Gasteiger partial charge in [0.05, 0.1) is 11.4 Å². The summed E-state index contributed by atoms with van der Waals surface area (Å²) in [6.07, 6.45) is 0.815. The zero-order valence-corrected chi connectivity index (χ0v) is 16.9. The molecule has 0 saturated carbocycles. The fraction of sp³-hybridized carbons (Fsp3) is 0.350. The first-order valence-electron chi connectivity index (χ1n) is 8.92. The normalized spacial score (nSPS) is 14.9. The van der Waals surface area contributed by atoms with E-state index >= 15 is 0 Å². The third kappa shape index (κ3) is 4.45. The number of nitrogens with one attached hydrogen (secondary N) is 1. The Hall–Kier alpha value is -2.58. The molecule has 1 heterocycles. The molecule has 0 radical (unpaired) electrons. The molecular formula is C20H24N2O5S. The molecule has 3 rings (SSSR count). The van der Waals surface area contributed by atoms with Gasteiger partial charge in [0.25, 0.3) is 5.91 Å². The summed E-state index contributed by atoms with van der Waals surface area (Å²) in [5, 5.41) is 7.87. The Bertz CT molecular complexity index is 1020. The van der Waals surface area contributed by atoms with Gasteiger partial charge in [-0.2, -0.15) is 0 Å². The van der Waals surface area contributed by atoms with E-state index < -0.39 is 10.0 Å². The van der Waals surface area contributed by atoms with Crippen molar-refractivity contribution in [2.75, 3.05) is 13.2 Å². The molecule has 8 heteroatoms. The molecule has 0 spiro atoms. The number of primary sulfonamides is 1. The number of hydrogen-bond acceptors (Lipinski definition) is 5. The van der Waals surface area contributed by atoms with Crippen LogP contribution in [-0.4, -0.2) is 33.1 Å².